The third kappa shape index (κ3) is 4.84. The van der Waals surface area contributed by atoms with Crippen LogP contribution in [0.1, 0.15) is 77.7 Å². The van der Waals surface area contributed by atoms with Crippen molar-refractivity contribution in [2.45, 2.75) is 69.1 Å². The average Bonchev–Trinajstić information content (AvgIpc) is 3.26. The smallest absolute Gasteiger partial charge is 0.258 e. The third-order valence-corrected chi connectivity index (χ3v) is 10.5. The van der Waals surface area contributed by atoms with Crippen LogP contribution in [0.2, 0.25) is 0 Å². The van der Waals surface area contributed by atoms with E-state index in [1.165, 1.54) is 20.5 Å². The van der Waals surface area contributed by atoms with E-state index in [1.54, 1.807) is 18.2 Å². The fraction of sp³-hybridized carbons (Fsp3) is 0.538. The molecule has 0 atom stereocenters. The number of aryl methyl sites for hydroxylation is 1. The lowest BCUT2D eigenvalue weighted by atomic mass is 9.96. The van der Waals surface area contributed by atoms with Crippen LogP contribution in [0.25, 0.3) is 0 Å². The monoisotopic (exact) mass is 512 g/mol. The molecule has 3 aliphatic rings. The Kier molecular flexibility index (Phi) is 7.14. The average molecular weight is 513 g/mol. The van der Waals surface area contributed by atoms with E-state index in [0.717, 1.165) is 88.5 Å². The van der Waals surface area contributed by atoms with Crippen molar-refractivity contribution in [2.75, 3.05) is 36.4 Å². The number of thiophene rings is 1. The molecule has 0 unspecified atom stereocenters. The van der Waals surface area contributed by atoms with E-state index < -0.39 is 10.0 Å². The predicted octanol–water partition coefficient (Wildman–Crippen LogP) is 4.92. The summed E-state index contributed by atoms with van der Waals surface area (Å²) < 4.78 is 28.3. The molecule has 186 valence electrons. The van der Waals surface area contributed by atoms with Crippen molar-refractivity contribution in [1.82, 2.24) is 4.31 Å². The van der Waals surface area contributed by atoms with Gasteiger partial charge in [-0.25, -0.2) is 8.42 Å². The third-order valence-electron chi connectivity index (χ3n) is 7.37. The van der Waals surface area contributed by atoms with Gasteiger partial charge in [-0.15, -0.1) is 11.3 Å². The quantitative estimate of drug-likeness (QED) is 0.614. The molecule has 35 heavy (non-hydrogen) atoms. The Morgan fingerprint density at radius 1 is 0.943 bits per heavy atom. The summed E-state index contributed by atoms with van der Waals surface area (Å²) in [4.78, 5) is 17.2. The van der Waals surface area contributed by atoms with Crippen molar-refractivity contribution in [1.29, 1.82) is 5.26 Å². The Morgan fingerprint density at radius 3 is 2.34 bits per heavy atom. The first-order chi connectivity index (χ1) is 17.0. The molecule has 1 N–H and O–H groups in total. The van der Waals surface area contributed by atoms with Crippen molar-refractivity contribution in [2.24, 2.45) is 0 Å². The zero-order valence-corrected chi connectivity index (χ0v) is 21.6. The minimum absolute atomic E-state index is 0.163. The number of rotatable bonds is 5. The lowest BCUT2D eigenvalue weighted by molar-refractivity contribution is 0.102. The number of carbonyl (C=O) groups excluding carboxylic acids is 1. The van der Waals surface area contributed by atoms with Gasteiger partial charge in [-0.2, -0.15) is 9.57 Å². The van der Waals surface area contributed by atoms with E-state index in [1.807, 2.05) is 0 Å². The molecule has 3 heterocycles. The molecule has 2 aliphatic heterocycles. The van der Waals surface area contributed by atoms with Gasteiger partial charge in [0.05, 0.1) is 16.0 Å². The number of hydrogen-bond acceptors (Lipinski definition) is 6. The number of nitriles is 1. The SMILES string of the molecule is N#Cc1c(NC(=O)c2cc(S(=O)(=O)N3CCCCC3)ccc2N2CCCCC2)sc2c1CCCC2. The summed E-state index contributed by atoms with van der Waals surface area (Å²) >= 11 is 1.49. The number of benzene rings is 1. The van der Waals surface area contributed by atoms with E-state index >= 15 is 0 Å². The van der Waals surface area contributed by atoms with Gasteiger partial charge in [0.15, 0.2) is 0 Å². The van der Waals surface area contributed by atoms with Crippen LogP contribution >= 0.6 is 11.3 Å². The molecule has 0 spiro atoms. The molecule has 0 bridgehead atoms. The Hall–Kier alpha value is -2.41. The fourth-order valence-electron chi connectivity index (χ4n) is 5.47. The highest BCUT2D eigenvalue weighted by Crippen LogP contribution is 2.38. The maximum atomic E-state index is 13.7. The van der Waals surface area contributed by atoms with Crippen molar-refractivity contribution in [3.63, 3.8) is 0 Å². The normalized spacial score (nSPS) is 19.1. The second kappa shape index (κ2) is 10.3. The molecule has 0 radical (unpaired) electrons. The molecule has 1 aromatic heterocycles. The Labute approximate surface area is 211 Å². The van der Waals surface area contributed by atoms with E-state index in [4.69, 9.17) is 0 Å². The van der Waals surface area contributed by atoms with Gasteiger partial charge in [0, 0.05) is 36.7 Å². The van der Waals surface area contributed by atoms with Crippen LogP contribution in [0.5, 0.6) is 0 Å². The van der Waals surface area contributed by atoms with Gasteiger partial charge < -0.3 is 10.2 Å². The van der Waals surface area contributed by atoms with Gasteiger partial charge in [-0.05, 0) is 81.5 Å². The maximum absolute atomic E-state index is 13.7. The maximum Gasteiger partial charge on any atom is 0.258 e. The van der Waals surface area contributed by atoms with Crippen molar-refractivity contribution in [3.05, 3.63) is 39.8 Å². The van der Waals surface area contributed by atoms with Crippen LogP contribution in [-0.2, 0) is 22.9 Å². The topological polar surface area (TPSA) is 93.5 Å². The molecule has 2 fully saturated rings. The first kappa shape index (κ1) is 24.3. The molecule has 7 nitrogen and oxygen atoms in total. The highest BCUT2D eigenvalue weighted by atomic mass is 32.2. The van der Waals surface area contributed by atoms with Gasteiger partial charge >= 0.3 is 0 Å². The summed E-state index contributed by atoms with van der Waals surface area (Å²) in [5.41, 5.74) is 2.76. The van der Waals surface area contributed by atoms with Crippen LogP contribution < -0.4 is 10.2 Å². The lowest BCUT2D eigenvalue weighted by Gasteiger charge is -2.31. The summed E-state index contributed by atoms with van der Waals surface area (Å²) in [5, 5.41) is 13.4. The zero-order chi connectivity index (χ0) is 24.4. The van der Waals surface area contributed by atoms with E-state index in [-0.39, 0.29) is 10.8 Å². The van der Waals surface area contributed by atoms with Crippen molar-refractivity contribution < 1.29 is 13.2 Å². The fourth-order valence-corrected chi connectivity index (χ4v) is 8.24. The van der Waals surface area contributed by atoms with Gasteiger partial charge in [-0.3, -0.25) is 4.79 Å². The Balaban J connectivity index is 1.51. The van der Waals surface area contributed by atoms with Gasteiger partial charge in [0.2, 0.25) is 10.0 Å². The number of anilines is 2. The molecule has 2 saturated heterocycles. The van der Waals surface area contributed by atoms with Crippen LogP contribution in [0.15, 0.2) is 23.1 Å². The molecule has 1 amide bonds. The van der Waals surface area contributed by atoms with Gasteiger partial charge in [0.25, 0.3) is 5.91 Å². The van der Waals surface area contributed by atoms with E-state index in [9.17, 15) is 18.5 Å². The number of sulfonamides is 1. The molecule has 0 saturated carbocycles. The summed E-state index contributed by atoms with van der Waals surface area (Å²) in [6, 6.07) is 7.29. The highest BCUT2D eigenvalue weighted by Gasteiger charge is 2.29. The molecular weight excluding hydrogens is 480 g/mol. The molecule has 5 rings (SSSR count). The minimum Gasteiger partial charge on any atom is -0.371 e. The highest BCUT2D eigenvalue weighted by molar-refractivity contribution is 7.89. The standard InChI is InChI=1S/C26H32N4O3S2/c27-18-22-20-9-3-4-10-24(20)34-26(22)28-25(31)21-17-19(35(32,33)30-15-7-2-8-16-30)11-12-23(21)29-13-5-1-6-14-29/h11-12,17H,1-10,13-16H2,(H,28,31). The second-order valence-electron chi connectivity index (χ2n) is 9.67. The number of nitrogens with one attached hydrogen (secondary N) is 1. The molecular formula is C26H32N4O3S2. The second-order valence-corrected chi connectivity index (χ2v) is 12.7. The summed E-state index contributed by atoms with van der Waals surface area (Å²) in [7, 11) is -3.67. The number of fused-ring (bicyclic) bond motifs is 1. The minimum atomic E-state index is -3.67. The van der Waals surface area contributed by atoms with E-state index in [0.29, 0.717) is 29.2 Å². The van der Waals surface area contributed by atoms with Crippen LogP contribution in [0, 0.1) is 11.3 Å². The first-order valence-electron chi connectivity index (χ1n) is 12.7. The number of piperidine rings is 2. The predicted molar refractivity (Wildman–Crippen MR) is 139 cm³/mol. The number of hydrogen-bond donors (Lipinski definition) is 1. The largest absolute Gasteiger partial charge is 0.371 e. The zero-order valence-electron chi connectivity index (χ0n) is 20.0. The van der Waals surface area contributed by atoms with Gasteiger partial charge in [-0.1, -0.05) is 6.42 Å². The summed E-state index contributed by atoms with van der Waals surface area (Å²) in [5.74, 6) is -0.351. The molecule has 2 aromatic rings. The van der Waals surface area contributed by atoms with Crippen LogP contribution in [0.4, 0.5) is 10.7 Å². The van der Waals surface area contributed by atoms with Crippen molar-refractivity contribution >= 4 is 38.0 Å². The first-order valence-corrected chi connectivity index (χ1v) is 15.0. The molecule has 9 heteroatoms. The molecule has 1 aliphatic carbocycles. The van der Waals surface area contributed by atoms with E-state index in [2.05, 4.69) is 16.3 Å². The summed E-state index contributed by atoms with van der Waals surface area (Å²) in [6.45, 7) is 2.72. The van der Waals surface area contributed by atoms with Gasteiger partial charge in [0.1, 0.15) is 11.1 Å². The summed E-state index contributed by atoms with van der Waals surface area (Å²) in [6.07, 6.45) is 9.97. The number of carbonyl (C=O) groups is 1. The lowest BCUT2D eigenvalue weighted by Crippen LogP contribution is -2.36. The Morgan fingerprint density at radius 2 is 1.63 bits per heavy atom. The number of amides is 1. The molecule has 1 aromatic carbocycles. The van der Waals surface area contributed by atoms with Crippen LogP contribution in [-0.4, -0.2) is 44.8 Å². The number of nitrogens with zero attached hydrogens (tertiary/aromatic N) is 3. The Bertz CT molecular complexity index is 1250. The van der Waals surface area contributed by atoms with Crippen molar-refractivity contribution in [3.8, 4) is 6.07 Å². The van der Waals surface area contributed by atoms with Crippen LogP contribution in [0.3, 0.4) is 0 Å².